The number of hydrogen-bond donors (Lipinski definition) is 1. The maximum atomic E-state index is 13.6. The first-order chi connectivity index (χ1) is 16.7. The zero-order valence-electron chi connectivity index (χ0n) is 18.4. The van der Waals surface area contributed by atoms with Gasteiger partial charge in [0, 0.05) is 31.0 Å². The summed E-state index contributed by atoms with van der Waals surface area (Å²) in [5.74, 6) is 0.638. The number of carbonyl (C=O) groups excluding carboxylic acids is 1. The van der Waals surface area contributed by atoms with Crippen LogP contribution in [-0.4, -0.2) is 49.2 Å². The smallest absolute Gasteiger partial charge is 0.490 e. The van der Waals surface area contributed by atoms with E-state index in [1.165, 1.54) is 24.4 Å². The molecule has 6 rings (SSSR count). The first-order valence-electron chi connectivity index (χ1n) is 10.9. The Morgan fingerprint density at radius 2 is 2.03 bits per heavy atom. The van der Waals surface area contributed by atoms with Crippen molar-refractivity contribution in [1.82, 2.24) is 24.3 Å². The van der Waals surface area contributed by atoms with Crippen molar-refractivity contribution < 1.29 is 27.4 Å². The Kier molecular flexibility index (Phi) is 4.57. The van der Waals surface area contributed by atoms with Crippen molar-refractivity contribution in [3.8, 4) is 11.5 Å². The molecule has 2 aliphatic rings. The molecule has 0 unspecified atom stereocenters. The van der Waals surface area contributed by atoms with Crippen molar-refractivity contribution in [2.24, 2.45) is 0 Å². The van der Waals surface area contributed by atoms with E-state index >= 15 is 0 Å². The summed E-state index contributed by atoms with van der Waals surface area (Å²) in [6.45, 7) is 2.25. The highest BCUT2D eigenvalue weighted by molar-refractivity contribution is 5.96. The number of hydrogen-bond acceptors (Lipinski definition) is 7. The number of imidazole rings is 1. The van der Waals surface area contributed by atoms with Gasteiger partial charge in [0.1, 0.15) is 46.0 Å². The number of nitrogens with two attached hydrogens (primary N) is 1. The summed E-state index contributed by atoms with van der Waals surface area (Å²) in [6, 6.07) is 5.27. The van der Waals surface area contributed by atoms with Crippen molar-refractivity contribution in [2.45, 2.75) is 38.3 Å². The number of nitrogen functional groups attached to an aromatic ring is 1. The Morgan fingerprint density at radius 3 is 2.83 bits per heavy atom. The minimum atomic E-state index is -4.80. The first kappa shape index (κ1) is 21.4. The molecule has 0 spiro atoms. The van der Waals surface area contributed by atoms with Crippen molar-refractivity contribution in [2.75, 3.05) is 12.3 Å². The van der Waals surface area contributed by atoms with Crippen molar-refractivity contribution in [1.29, 1.82) is 0 Å². The number of aromatic nitrogens is 4. The minimum absolute atomic E-state index is 0.206. The summed E-state index contributed by atoms with van der Waals surface area (Å²) >= 11 is 0. The lowest BCUT2D eigenvalue weighted by molar-refractivity contribution is -0.274. The zero-order valence-corrected chi connectivity index (χ0v) is 18.4. The van der Waals surface area contributed by atoms with Crippen LogP contribution in [0, 0.1) is 6.92 Å². The second-order valence-electron chi connectivity index (χ2n) is 8.61. The Hall–Kier alpha value is -4.09. The molecule has 1 aromatic carbocycles. The molecule has 3 aromatic heterocycles. The lowest BCUT2D eigenvalue weighted by atomic mass is 9.89. The van der Waals surface area contributed by atoms with E-state index < -0.39 is 6.36 Å². The van der Waals surface area contributed by atoms with Crippen LogP contribution in [0.5, 0.6) is 11.5 Å². The van der Waals surface area contributed by atoms with Crippen LogP contribution in [0.1, 0.15) is 40.8 Å². The van der Waals surface area contributed by atoms with Crippen LogP contribution < -0.4 is 15.2 Å². The van der Waals surface area contributed by atoms with Crippen LogP contribution in [0.15, 0.2) is 36.7 Å². The van der Waals surface area contributed by atoms with Crippen LogP contribution in [0.4, 0.5) is 19.0 Å². The van der Waals surface area contributed by atoms with Crippen LogP contribution >= 0.6 is 0 Å². The van der Waals surface area contributed by atoms with E-state index in [1.807, 2.05) is 11.3 Å². The van der Waals surface area contributed by atoms with Gasteiger partial charge in [-0.1, -0.05) is 0 Å². The topological polar surface area (TPSA) is 108 Å². The number of carbonyl (C=O) groups is 1. The second kappa shape index (κ2) is 7.45. The molecule has 1 saturated heterocycles. The lowest BCUT2D eigenvalue weighted by Crippen LogP contribution is -2.46. The number of likely N-dealkylation sites (tertiary alicyclic amines) is 1. The standard InChI is InChI=1S/C23H19F3N6O3/c1-11-28-10-19-21(27)30-16-9-29-15(8-18(16)32(11)19)22(33)31-5-4-12-6-17(31)14-3-2-13(7-20(14)34-12)35-23(24,25)26/h2-3,7-10,12,17H,4-6H2,1H3,(H2,27,30)/t12-,17+/m1/s1. The number of amides is 1. The average Bonchev–Trinajstić information content (AvgIpc) is 3.20. The molecular weight excluding hydrogens is 465 g/mol. The van der Waals surface area contributed by atoms with Crippen molar-refractivity contribution in [3.63, 3.8) is 0 Å². The number of halogens is 3. The number of alkyl halides is 3. The molecule has 5 heterocycles. The maximum absolute atomic E-state index is 13.6. The molecular formula is C23H19F3N6O3. The average molecular weight is 484 g/mol. The third-order valence-electron chi connectivity index (χ3n) is 6.45. The van der Waals surface area contributed by atoms with Gasteiger partial charge in [-0.3, -0.25) is 9.20 Å². The number of anilines is 1. The van der Waals surface area contributed by atoms with E-state index in [2.05, 4.69) is 19.7 Å². The van der Waals surface area contributed by atoms with Gasteiger partial charge in [-0.15, -0.1) is 13.2 Å². The molecule has 2 N–H and O–H groups in total. The number of aryl methyl sites for hydroxylation is 1. The number of ether oxygens (including phenoxy) is 2. The molecule has 2 aliphatic heterocycles. The van der Waals surface area contributed by atoms with Gasteiger partial charge in [-0.25, -0.2) is 15.0 Å². The summed E-state index contributed by atoms with van der Waals surface area (Å²) in [7, 11) is 0. The molecule has 2 atom stereocenters. The molecule has 1 fully saturated rings. The maximum Gasteiger partial charge on any atom is 0.573 e. The SMILES string of the molecule is Cc1ncc2c(N)nc3cnc(C(=O)N4CC[C@@H]5C[C@H]4c4ccc(OC(F)(F)F)cc4O5)cc3n12. The largest absolute Gasteiger partial charge is 0.573 e. The summed E-state index contributed by atoms with van der Waals surface area (Å²) in [5.41, 5.74) is 8.71. The van der Waals surface area contributed by atoms with E-state index in [9.17, 15) is 18.0 Å². The number of fused-ring (bicyclic) bond motifs is 7. The van der Waals surface area contributed by atoms with E-state index in [0.29, 0.717) is 53.1 Å². The van der Waals surface area contributed by atoms with Gasteiger partial charge in [0.15, 0.2) is 0 Å². The summed E-state index contributed by atoms with van der Waals surface area (Å²) in [6.07, 6.45) is -0.802. The molecule has 0 saturated carbocycles. The molecule has 2 bridgehead atoms. The Balaban J connectivity index is 1.37. The number of rotatable bonds is 2. The molecule has 9 nitrogen and oxygen atoms in total. The van der Waals surface area contributed by atoms with E-state index in [4.69, 9.17) is 10.5 Å². The third kappa shape index (κ3) is 3.56. The predicted molar refractivity (Wildman–Crippen MR) is 118 cm³/mol. The van der Waals surface area contributed by atoms with E-state index in [-0.39, 0.29) is 35.2 Å². The summed E-state index contributed by atoms with van der Waals surface area (Å²) < 4.78 is 49.7. The fourth-order valence-corrected chi connectivity index (χ4v) is 4.93. The second-order valence-corrected chi connectivity index (χ2v) is 8.61. The predicted octanol–water partition coefficient (Wildman–Crippen LogP) is 3.81. The third-order valence-corrected chi connectivity index (χ3v) is 6.45. The minimum Gasteiger partial charge on any atom is -0.490 e. The number of benzene rings is 1. The van der Waals surface area contributed by atoms with Gasteiger partial charge < -0.3 is 20.1 Å². The summed E-state index contributed by atoms with van der Waals surface area (Å²) in [4.78, 5) is 28.3. The van der Waals surface area contributed by atoms with Gasteiger partial charge in [-0.2, -0.15) is 0 Å². The molecule has 0 radical (unpaired) electrons. The van der Waals surface area contributed by atoms with E-state index in [1.54, 1.807) is 17.2 Å². The number of nitrogens with zero attached hydrogens (tertiary/aromatic N) is 5. The highest BCUT2D eigenvalue weighted by Gasteiger charge is 2.40. The zero-order chi connectivity index (χ0) is 24.5. The van der Waals surface area contributed by atoms with Crippen molar-refractivity contribution in [3.05, 3.63) is 53.7 Å². The van der Waals surface area contributed by atoms with Gasteiger partial charge >= 0.3 is 6.36 Å². The van der Waals surface area contributed by atoms with Crippen LogP contribution in [0.3, 0.4) is 0 Å². The van der Waals surface area contributed by atoms with Gasteiger partial charge in [0.25, 0.3) is 5.91 Å². The fraction of sp³-hybridized carbons (Fsp3) is 0.304. The molecule has 180 valence electrons. The summed E-state index contributed by atoms with van der Waals surface area (Å²) in [5, 5.41) is 0. The normalized spacial score (nSPS) is 19.5. The molecule has 12 heteroatoms. The highest BCUT2D eigenvalue weighted by atomic mass is 19.4. The lowest BCUT2D eigenvalue weighted by Gasteiger charge is -2.43. The van der Waals surface area contributed by atoms with Crippen molar-refractivity contribution >= 4 is 28.3 Å². The van der Waals surface area contributed by atoms with Crippen LogP contribution in [-0.2, 0) is 0 Å². The van der Waals surface area contributed by atoms with E-state index in [0.717, 1.165) is 0 Å². The van der Waals surface area contributed by atoms with Gasteiger partial charge in [0.05, 0.1) is 24.0 Å². The number of piperidine rings is 1. The highest BCUT2D eigenvalue weighted by Crippen LogP contribution is 2.44. The quantitative estimate of drug-likeness (QED) is 0.461. The number of pyridine rings is 1. The Bertz CT molecular complexity index is 1500. The Morgan fingerprint density at radius 1 is 1.20 bits per heavy atom. The first-order valence-corrected chi connectivity index (χ1v) is 10.9. The monoisotopic (exact) mass is 484 g/mol. The molecule has 4 aromatic rings. The van der Waals surface area contributed by atoms with Gasteiger partial charge in [-0.05, 0) is 25.1 Å². The Labute approximate surface area is 196 Å². The molecule has 0 aliphatic carbocycles. The van der Waals surface area contributed by atoms with Gasteiger partial charge in [0.2, 0.25) is 0 Å². The van der Waals surface area contributed by atoms with Crippen LogP contribution in [0.2, 0.25) is 0 Å². The fourth-order valence-electron chi connectivity index (χ4n) is 4.93. The van der Waals surface area contributed by atoms with Crippen LogP contribution in [0.25, 0.3) is 16.6 Å². The molecule has 1 amide bonds. The molecule has 35 heavy (non-hydrogen) atoms.